The van der Waals surface area contributed by atoms with E-state index < -0.39 is 0 Å². The number of fused-ring (bicyclic) bond motifs is 7. The minimum absolute atomic E-state index is 0.191. The Morgan fingerprint density at radius 1 is 1.08 bits per heavy atom. The van der Waals surface area contributed by atoms with Gasteiger partial charge in [-0.15, -0.1) is 0 Å². The summed E-state index contributed by atoms with van der Waals surface area (Å²) in [5.41, 5.74) is -0.233. The topological polar surface area (TPSA) is 70.7 Å². The van der Waals surface area contributed by atoms with Gasteiger partial charge in [-0.25, -0.2) is 0 Å². The highest BCUT2D eigenvalue weighted by molar-refractivity contribution is 5.87. The molecule has 4 aliphatic carbocycles. The van der Waals surface area contributed by atoms with Crippen LogP contribution in [0.4, 0.5) is 0 Å². The van der Waals surface area contributed by atoms with E-state index in [9.17, 15) is 9.59 Å². The van der Waals surface area contributed by atoms with Gasteiger partial charge in [-0.05, 0) is 100 Å². The predicted octanol–water partition coefficient (Wildman–Crippen LogP) is 4.62. The highest BCUT2D eigenvalue weighted by atomic mass is 16.5. The molecule has 6 heteroatoms. The van der Waals surface area contributed by atoms with Gasteiger partial charge in [-0.1, -0.05) is 27.7 Å². The van der Waals surface area contributed by atoms with Crippen molar-refractivity contribution in [2.75, 3.05) is 27.2 Å². The summed E-state index contributed by atoms with van der Waals surface area (Å²) in [6.07, 6.45) is 10.7. The van der Waals surface area contributed by atoms with Crippen LogP contribution in [-0.4, -0.2) is 61.6 Å². The van der Waals surface area contributed by atoms with E-state index in [4.69, 9.17) is 4.74 Å². The molecule has 0 aromatic rings. The second kappa shape index (κ2) is 9.55. The van der Waals surface area contributed by atoms with Crippen molar-refractivity contribution in [1.29, 1.82) is 0 Å². The third-order valence-corrected chi connectivity index (χ3v) is 13.2. The molecule has 0 bridgehead atoms. The summed E-state index contributed by atoms with van der Waals surface area (Å²) in [4.78, 5) is 28.9. The van der Waals surface area contributed by atoms with Crippen LogP contribution in [-0.2, 0) is 14.3 Å². The zero-order chi connectivity index (χ0) is 27.0. The number of piperidine rings is 1. The summed E-state index contributed by atoms with van der Waals surface area (Å²) in [6, 6.07) is 0.297. The Bertz CT molecular complexity index is 944. The average Bonchev–Trinajstić information content (AvgIpc) is 3.32. The van der Waals surface area contributed by atoms with Crippen LogP contribution >= 0.6 is 0 Å². The lowest BCUT2D eigenvalue weighted by Gasteiger charge is -2.60. The van der Waals surface area contributed by atoms with E-state index >= 15 is 0 Å². The molecule has 2 aliphatic heterocycles. The molecule has 2 saturated heterocycles. The van der Waals surface area contributed by atoms with E-state index in [1.54, 1.807) is 0 Å². The van der Waals surface area contributed by atoms with Crippen LogP contribution in [0, 0.1) is 52.3 Å². The maximum absolute atomic E-state index is 14.3. The first-order valence-electron chi connectivity index (χ1n) is 15.9. The van der Waals surface area contributed by atoms with E-state index in [0.29, 0.717) is 59.7 Å². The number of Topliss-reactive ketones (excluding diaryl/α,β-unsaturated/α-hetero) is 1. The summed E-state index contributed by atoms with van der Waals surface area (Å²) >= 11 is 0. The van der Waals surface area contributed by atoms with E-state index in [1.807, 2.05) is 14.1 Å². The van der Waals surface area contributed by atoms with Gasteiger partial charge in [0.25, 0.3) is 0 Å². The maximum Gasteiger partial charge on any atom is 0.221 e. The highest BCUT2D eigenvalue weighted by Gasteiger charge is 2.71. The van der Waals surface area contributed by atoms with Gasteiger partial charge in [0.1, 0.15) is 11.5 Å². The Kier molecular flexibility index (Phi) is 6.83. The number of ether oxygens (including phenoxy) is 1. The minimum Gasteiger partial charge on any atom is -0.357 e. The van der Waals surface area contributed by atoms with Gasteiger partial charge in [-0.3, -0.25) is 14.9 Å². The number of hydrogen-bond donors (Lipinski definition) is 2. The average molecular weight is 528 g/mol. The molecule has 214 valence electrons. The number of rotatable bonds is 4. The Balaban J connectivity index is 1.16. The Morgan fingerprint density at radius 2 is 1.87 bits per heavy atom. The smallest absolute Gasteiger partial charge is 0.221 e. The van der Waals surface area contributed by atoms with Gasteiger partial charge in [0, 0.05) is 49.2 Å². The summed E-state index contributed by atoms with van der Waals surface area (Å²) in [7, 11) is 4.04. The van der Waals surface area contributed by atoms with Crippen LogP contribution in [0.5, 0.6) is 0 Å². The Morgan fingerprint density at radius 3 is 2.58 bits per heavy atom. The van der Waals surface area contributed by atoms with E-state index in [0.717, 1.165) is 51.6 Å². The summed E-state index contributed by atoms with van der Waals surface area (Å²) in [5, 5.41) is 7.17. The number of carbonyl (C=O) groups excluding carboxylic acids is 2. The first-order chi connectivity index (χ1) is 18.0. The Hall–Kier alpha value is -0.980. The molecule has 38 heavy (non-hydrogen) atoms. The molecule has 1 amide bonds. The fourth-order valence-electron chi connectivity index (χ4n) is 10.9. The molecule has 2 heterocycles. The van der Waals surface area contributed by atoms with E-state index in [2.05, 4.69) is 43.2 Å². The number of ketones is 1. The van der Waals surface area contributed by atoms with Gasteiger partial charge in [-0.2, -0.15) is 0 Å². The lowest BCUT2D eigenvalue weighted by molar-refractivity contribution is -0.160. The van der Waals surface area contributed by atoms with Crippen molar-refractivity contribution in [1.82, 2.24) is 15.5 Å². The van der Waals surface area contributed by atoms with Crippen molar-refractivity contribution in [3.8, 4) is 0 Å². The van der Waals surface area contributed by atoms with E-state index in [1.165, 1.54) is 19.3 Å². The molecular formula is C32H53N3O3. The number of hydrogen-bond acceptors (Lipinski definition) is 5. The standard InChI is InChI=1S/C32H53N3O3/c1-19-9-13-32(33-18-19)20(2)29-26(38-32)16-25-23-8-7-21-15-22(34-28(37)11-14-35(5)6)10-12-30(21,3)24(23)17-27(36)31(25,29)4/h19-26,29,33H,7-18H2,1-6H3,(H,34,37)/t19-,20+,21+,22?,23-,24+,25+,26+,29+,30+,31-,32-/m1/s1. The van der Waals surface area contributed by atoms with Crippen LogP contribution < -0.4 is 10.6 Å². The second-order valence-corrected chi connectivity index (χ2v) is 15.3. The molecule has 6 aliphatic rings. The van der Waals surface area contributed by atoms with Crippen LogP contribution in [0.1, 0.15) is 91.9 Å². The molecule has 6 fully saturated rings. The molecule has 4 saturated carbocycles. The molecule has 1 spiro atoms. The van der Waals surface area contributed by atoms with Gasteiger partial charge >= 0.3 is 0 Å². The van der Waals surface area contributed by atoms with Crippen molar-refractivity contribution in [3.05, 3.63) is 0 Å². The third-order valence-electron chi connectivity index (χ3n) is 13.2. The lowest BCUT2D eigenvalue weighted by Crippen LogP contribution is -2.60. The van der Waals surface area contributed by atoms with Crippen LogP contribution in [0.2, 0.25) is 0 Å². The highest BCUT2D eigenvalue weighted by Crippen LogP contribution is 2.70. The first-order valence-corrected chi connectivity index (χ1v) is 15.9. The van der Waals surface area contributed by atoms with Crippen molar-refractivity contribution >= 4 is 11.7 Å². The van der Waals surface area contributed by atoms with Crippen LogP contribution in [0.25, 0.3) is 0 Å². The van der Waals surface area contributed by atoms with Crippen molar-refractivity contribution in [2.24, 2.45) is 52.3 Å². The summed E-state index contributed by atoms with van der Waals surface area (Å²) in [5.74, 6) is 4.37. The van der Waals surface area contributed by atoms with E-state index in [-0.39, 0.29) is 28.6 Å². The molecule has 6 nitrogen and oxygen atoms in total. The molecule has 12 atom stereocenters. The molecule has 0 aromatic carbocycles. The SMILES string of the molecule is C[C@@H]1CC[C@@]2(NC1)O[C@H]1C[C@H]3[C@@H]4CC[C@H]5CC(NC(=O)CCN(C)C)CC[C@]5(C)[C@H]4CC(=O)[C@]3(C)[C@H]1[C@@H]2C. The lowest BCUT2D eigenvalue weighted by atomic mass is 9.44. The number of carbonyl (C=O) groups is 2. The third kappa shape index (κ3) is 4.05. The monoisotopic (exact) mass is 527 g/mol. The van der Waals surface area contributed by atoms with Crippen molar-refractivity contribution in [3.63, 3.8) is 0 Å². The van der Waals surface area contributed by atoms with Gasteiger partial charge in [0.05, 0.1) is 6.10 Å². The van der Waals surface area contributed by atoms with Crippen LogP contribution in [0.15, 0.2) is 0 Å². The second-order valence-electron chi connectivity index (χ2n) is 15.3. The largest absolute Gasteiger partial charge is 0.357 e. The van der Waals surface area contributed by atoms with Crippen LogP contribution in [0.3, 0.4) is 0 Å². The molecule has 2 N–H and O–H groups in total. The van der Waals surface area contributed by atoms with Gasteiger partial charge in [0.2, 0.25) is 5.91 Å². The number of amides is 1. The minimum atomic E-state index is -0.236. The molecule has 6 rings (SSSR count). The molecular weight excluding hydrogens is 474 g/mol. The summed E-state index contributed by atoms with van der Waals surface area (Å²) in [6.45, 7) is 11.4. The first kappa shape index (κ1) is 27.2. The molecule has 0 aromatic heterocycles. The van der Waals surface area contributed by atoms with Crippen molar-refractivity contribution in [2.45, 2.75) is 110 Å². The quantitative estimate of drug-likeness (QED) is 0.558. The Labute approximate surface area is 230 Å². The molecule has 1 unspecified atom stereocenters. The zero-order valence-electron chi connectivity index (χ0n) is 24.9. The number of nitrogens with zero attached hydrogens (tertiary/aromatic N) is 1. The fraction of sp³-hybridized carbons (Fsp3) is 0.938. The molecule has 0 radical (unpaired) electrons. The van der Waals surface area contributed by atoms with Crippen molar-refractivity contribution < 1.29 is 14.3 Å². The maximum atomic E-state index is 14.3. The number of nitrogens with one attached hydrogen (secondary N) is 2. The fourth-order valence-corrected chi connectivity index (χ4v) is 10.9. The van der Waals surface area contributed by atoms with Gasteiger partial charge < -0.3 is 15.0 Å². The zero-order valence-corrected chi connectivity index (χ0v) is 24.9. The predicted molar refractivity (Wildman–Crippen MR) is 149 cm³/mol. The summed E-state index contributed by atoms with van der Waals surface area (Å²) < 4.78 is 6.97. The van der Waals surface area contributed by atoms with Gasteiger partial charge in [0.15, 0.2) is 0 Å². The normalized spacial score (nSPS) is 51.9.